The fourth-order valence-electron chi connectivity index (χ4n) is 1.24. The van der Waals surface area contributed by atoms with E-state index in [9.17, 15) is 9.59 Å². The van der Waals surface area contributed by atoms with Crippen LogP contribution in [-0.2, 0) is 19.1 Å². The van der Waals surface area contributed by atoms with Gasteiger partial charge in [0.05, 0.1) is 6.42 Å². The van der Waals surface area contributed by atoms with Gasteiger partial charge in [-0.2, -0.15) is 0 Å². The average molecular weight is 320 g/mol. The van der Waals surface area contributed by atoms with Crippen molar-refractivity contribution in [2.75, 3.05) is 6.61 Å². The molecule has 0 bridgehead atoms. The summed E-state index contributed by atoms with van der Waals surface area (Å²) in [5, 5.41) is 2.53. The summed E-state index contributed by atoms with van der Waals surface area (Å²) in [7, 11) is 3.42. The van der Waals surface area contributed by atoms with E-state index in [2.05, 4.69) is 13.8 Å². The third-order valence-corrected chi connectivity index (χ3v) is 5.01. The van der Waals surface area contributed by atoms with Crippen LogP contribution in [0.25, 0.3) is 0 Å². The molecule has 116 valence electrons. The Morgan fingerprint density at radius 2 is 2.00 bits per heavy atom. The Morgan fingerprint density at radius 1 is 1.35 bits per heavy atom. The molecule has 4 nitrogen and oxygen atoms in total. The molecule has 0 aromatic heterocycles. The Bertz CT molecular complexity index is 340. The van der Waals surface area contributed by atoms with Crippen LogP contribution in [0.2, 0.25) is 0 Å². The highest BCUT2D eigenvalue weighted by molar-refractivity contribution is 8.78. The summed E-state index contributed by atoms with van der Waals surface area (Å²) in [6.45, 7) is 9.25. The number of carbonyl (C=O) groups is 2. The van der Waals surface area contributed by atoms with Gasteiger partial charge < -0.3 is 9.47 Å². The molecule has 0 radical (unpaired) electrons. The lowest BCUT2D eigenvalue weighted by Gasteiger charge is -2.22. The van der Waals surface area contributed by atoms with Crippen molar-refractivity contribution >= 4 is 33.5 Å². The van der Waals surface area contributed by atoms with Crippen molar-refractivity contribution in [3.05, 3.63) is 11.5 Å². The molecule has 0 aliphatic rings. The first-order chi connectivity index (χ1) is 9.26. The first-order valence-electron chi connectivity index (χ1n) is 6.59. The van der Waals surface area contributed by atoms with E-state index in [4.69, 9.17) is 9.47 Å². The summed E-state index contributed by atoms with van der Waals surface area (Å²) >= 11 is 0. The Balaban J connectivity index is 3.83. The predicted molar refractivity (Wildman–Crippen MR) is 85.5 cm³/mol. The van der Waals surface area contributed by atoms with E-state index in [0.717, 1.165) is 6.42 Å². The van der Waals surface area contributed by atoms with Gasteiger partial charge in [0.1, 0.15) is 12.2 Å². The molecule has 0 unspecified atom stereocenters. The molecule has 0 spiro atoms. The molecule has 0 aliphatic carbocycles. The van der Waals surface area contributed by atoms with Gasteiger partial charge in [-0.3, -0.25) is 9.59 Å². The molecule has 20 heavy (non-hydrogen) atoms. The lowest BCUT2D eigenvalue weighted by atomic mass is 10.1. The molecule has 0 saturated heterocycles. The van der Waals surface area contributed by atoms with Gasteiger partial charge in [-0.1, -0.05) is 35.4 Å². The van der Waals surface area contributed by atoms with Crippen molar-refractivity contribution < 1.29 is 19.1 Å². The second-order valence-corrected chi connectivity index (χ2v) is 7.61. The number of hydrogen-bond donors (Lipinski definition) is 0. The van der Waals surface area contributed by atoms with Gasteiger partial charge in [-0.05, 0) is 31.8 Å². The van der Waals surface area contributed by atoms with Gasteiger partial charge in [0, 0.05) is 12.2 Å². The van der Waals surface area contributed by atoms with Crippen LogP contribution in [0, 0.1) is 0 Å². The van der Waals surface area contributed by atoms with Crippen molar-refractivity contribution in [3.63, 3.8) is 0 Å². The topological polar surface area (TPSA) is 52.6 Å². The first kappa shape index (κ1) is 19.4. The molecule has 0 rings (SSSR count). The number of ether oxygens (including phenoxy) is 2. The maximum atomic E-state index is 11.6. The maximum Gasteiger partial charge on any atom is 0.310 e. The van der Waals surface area contributed by atoms with E-state index < -0.39 is 11.6 Å². The van der Waals surface area contributed by atoms with E-state index in [0.29, 0.717) is 5.25 Å². The summed E-state index contributed by atoms with van der Waals surface area (Å²) in [6.07, 6.45) is 2.98. The van der Waals surface area contributed by atoms with Crippen LogP contribution in [0.1, 0.15) is 47.5 Å². The molecule has 0 N–H and O–H groups in total. The number of carbonyl (C=O) groups excluding carboxylic acids is 2. The minimum absolute atomic E-state index is 0.0508. The largest absolute Gasteiger partial charge is 0.461 e. The monoisotopic (exact) mass is 320 g/mol. The summed E-state index contributed by atoms with van der Waals surface area (Å²) in [5.74, 6) is -0.776. The Labute approximate surface area is 129 Å². The maximum absolute atomic E-state index is 11.6. The molecule has 0 saturated carbocycles. The van der Waals surface area contributed by atoms with Gasteiger partial charge in [0.25, 0.3) is 0 Å². The number of rotatable bonds is 9. The Hall–Kier alpha value is -0.620. The molecule has 0 aromatic rings. The summed E-state index contributed by atoms with van der Waals surface area (Å²) in [5.41, 5.74) is -0.826. The van der Waals surface area contributed by atoms with E-state index in [1.807, 2.05) is 5.41 Å². The highest BCUT2D eigenvalue weighted by atomic mass is 33.1. The van der Waals surface area contributed by atoms with Crippen LogP contribution in [0.15, 0.2) is 11.5 Å². The lowest BCUT2D eigenvalue weighted by Crippen LogP contribution is -2.30. The Morgan fingerprint density at radius 3 is 2.55 bits per heavy atom. The smallest absolute Gasteiger partial charge is 0.310 e. The number of hydrogen-bond acceptors (Lipinski definition) is 6. The second kappa shape index (κ2) is 10.2. The Kier molecular flexibility index (Phi) is 9.84. The van der Waals surface area contributed by atoms with E-state index >= 15 is 0 Å². The second-order valence-electron chi connectivity index (χ2n) is 5.00. The van der Waals surface area contributed by atoms with Crippen LogP contribution in [0.3, 0.4) is 0 Å². The molecule has 0 fully saturated rings. The van der Waals surface area contributed by atoms with Gasteiger partial charge in [-0.15, -0.1) is 0 Å². The summed E-state index contributed by atoms with van der Waals surface area (Å²) in [4.78, 5) is 22.4. The van der Waals surface area contributed by atoms with Crippen molar-refractivity contribution in [2.24, 2.45) is 0 Å². The van der Waals surface area contributed by atoms with Crippen molar-refractivity contribution in [1.29, 1.82) is 0 Å². The van der Waals surface area contributed by atoms with Gasteiger partial charge in [-0.25, -0.2) is 0 Å². The van der Waals surface area contributed by atoms with Crippen LogP contribution in [0.5, 0.6) is 0 Å². The highest BCUT2D eigenvalue weighted by Crippen LogP contribution is 2.28. The van der Waals surface area contributed by atoms with Gasteiger partial charge in [0.15, 0.2) is 0 Å². The van der Waals surface area contributed by atoms with Gasteiger partial charge >= 0.3 is 11.9 Å². The minimum Gasteiger partial charge on any atom is -0.461 e. The summed E-state index contributed by atoms with van der Waals surface area (Å²) in [6, 6.07) is 0. The van der Waals surface area contributed by atoms with Crippen molar-refractivity contribution in [2.45, 2.75) is 58.3 Å². The standard InChI is InChI=1S/C14H24O4S2/c1-6-11(2)20-19-9-7-8-17-13(16)10-14(4,5)18-12(3)15/h7,9,11H,6,8,10H2,1-5H3/b9-7+/t11-/m0/s1. The first-order valence-corrected chi connectivity index (χ1v) is 8.86. The summed E-state index contributed by atoms with van der Waals surface area (Å²) < 4.78 is 10.1. The molecule has 0 aromatic carbocycles. The van der Waals surface area contributed by atoms with Gasteiger partial charge in [0.2, 0.25) is 0 Å². The predicted octanol–water partition coefficient (Wildman–Crippen LogP) is 3.96. The van der Waals surface area contributed by atoms with Crippen molar-refractivity contribution in [3.8, 4) is 0 Å². The fourth-order valence-corrected chi connectivity index (χ4v) is 3.19. The average Bonchev–Trinajstić information content (AvgIpc) is 2.30. The fraction of sp³-hybridized carbons (Fsp3) is 0.714. The quantitative estimate of drug-likeness (QED) is 0.473. The SMILES string of the molecule is CC[C@H](C)SS/C=C/COC(=O)CC(C)(C)OC(C)=O. The zero-order valence-electron chi connectivity index (χ0n) is 12.8. The number of esters is 2. The van der Waals surface area contributed by atoms with Crippen LogP contribution >= 0.6 is 21.6 Å². The minimum atomic E-state index is -0.826. The lowest BCUT2D eigenvalue weighted by molar-refractivity contribution is -0.160. The van der Waals surface area contributed by atoms with Crippen LogP contribution in [0.4, 0.5) is 0 Å². The third-order valence-electron chi connectivity index (χ3n) is 2.28. The zero-order chi connectivity index (χ0) is 15.6. The third kappa shape index (κ3) is 11.2. The molecule has 0 heterocycles. The van der Waals surface area contributed by atoms with E-state index in [1.54, 1.807) is 41.5 Å². The van der Waals surface area contributed by atoms with Crippen molar-refractivity contribution in [1.82, 2.24) is 0 Å². The zero-order valence-corrected chi connectivity index (χ0v) is 14.4. The highest BCUT2D eigenvalue weighted by Gasteiger charge is 2.25. The normalized spacial score (nSPS) is 13.2. The van der Waals surface area contributed by atoms with E-state index in [1.165, 1.54) is 6.92 Å². The molecule has 1 atom stereocenters. The molecular weight excluding hydrogens is 296 g/mol. The van der Waals surface area contributed by atoms with E-state index in [-0.39, 0.29) is 19.0 Å². The molecular formula is C14H24O4S2. The molecule has 0 amide bonds. The molecule has 6 heteroatoms. The molecule has 0 aliphatic heterocycles. The van der Waals surface area contributed by atoms with Crippen LogP contribution < -0.4 is 0 Å². The van der Waals surface area contributed by atoms with Crippen LogP contribution in [-0.4, -0.2) is 29.4 Å².